The molecule has 9 nitrogen and oxygen atoms in total. The van der Waals surface area contributed by atoms with Gasteiger partial charge >= 0.3 is 0 Å². The number of carbonyl (C=O) groups is 3. The lowest BCUT2D eigenvalue weighted by molar-refractivity contribution is -0.141. The SMILES string of the molecule is CCCCN(C)CCCN1C(=O)[C@H]2[C@H](C(=O)Nc3ccc(OC)cc3)[C@H]3C=C[C@@]2(O3)[C@@H]1C(=O)N[C@@H]1CCC[C@H](C)[C@H]1C. The number of amides is 3. The molecule has 5 rings (SSSR count). The van der Waals surface area contributed by atoms with Gasteiger partial charge in [0.2, 0.25) is 17.7 Å². The van der Waals surface area contributed by atoms with Crippen molar-refractivity contribution < 1.29 is 23.9 Å². The fourth-order valence-corrected chi connectivity index (χ4v) is 7.51. The molecule has 8 atom stereocenters. The molecule has 1 aromatic carbocycles. The standard InChI is InChI=1S/C33H48N4O5/c1-6-7-18-36(4)19-9-20-37-29(31(39)35-25-11-8-10-21(2)22(25)3)33-17-16-26(42-33)27(28(33)32(37)40)30(38)34-23-12-14-24(41-5)15-13-23/h12-17,21-22,25-29H,6-11,18-20H2,1-5H3,(H,34,38)(H,35,39)/t21-,22+,25+,26+,27+,28+,29-,33-/m0/s1. The van der Waals surface area contributed by atoms with Crippen LogP contribution in [0.15, 0.2) is 36.4 Å². The van der Waals surface area contributed by atoms with Crippen LogP contribution in [0.2, 0.25) is 0 Å². The molecule has 1 aliphatic carbocycles. The second-order valence-electron chi connectivity index (χ2n) is 12.8. The first-order valence-corrected chi connectivity index (χ1v) is 15.8. The van der Waals surface area contributed by atoms with Crippen LogP contribution in [0.3, 0.4) is 0 Å². The van der Waals surface area contributed by atoms with Crippen molar-refractivity contribution in [3.63, 3.8) is 0 Å². The molecule has 3 heterocycles. The molecule has 230 valence electrons. The second kappa shape index (κ2) is 12.8. The molecule has 4 aliphatic rings. The van der Waals surface area contributed by atoms with E-state index in [1.54, 1.807) is 36.3 Å². The number of ether oxygens (including phenoxy) is 2. The molecule has 3 aliphatic heterocycles. The van der Waals surface area contributed by atoms with E-state index in [0.717, 1.165) is 51.6 Å². The number of benzene rings is 1. The van der Waals surface area contributed by atoms with Gasteiger partial charge in [-0.1, -0.05) is 52.2 Å². The Labute approximate surface area is 250 Å². The Balaban J connectivity index is 1.38. The Morgan fingerprint density at radius 1 is 1.12 bits per heavy atom. The molecule has 1 saturated carbocycles. The second-order valence-corrected chi connectivity index (χ2v) is 12.8. The Kier molecular flexibility index (Phi) is 9.28. The van der Waals surface area contributed by atoms with E-state index in [4.69, 9.17) is 9.47 Å². The number of rotatable bonds is 12. The largest absolute Gasteiger partial charge is 0.497 e. The Morgan fingerprint density at radius 3 is 2.57 bits per heavy atom. The van der Waals surface area contributed by atoms with Crippen LogP contribution in [0.4, 0.5) is 5.69 Å². The zero-order chi connectivity index (χ0) is 30.0. The summed E-state index contributed by atoms with van der Waals surface area (Å²) in [5.41, 5.74) is -0.528. The number of anilines is 1. The van der Waals surface area contributed by atoms with Gasteiger partial charge in [-0.3, -0.25) is 14.4 Å². The smallest absolute Gasteiger partial charge is 0.246 e. The quantitative estimate of drug-likeness (QED) is 0.365. The molecule has 9 heteroatoms. The maximum atomic E-state index is 14.2. The molecule has 1 spiro atoms. The van der Waals surface area contributed by atoms with Crippen LogP contribution in [0.5, 0.6) is 5.75 Å². The lowest BCUT2D eigenvalue weighted by Gasteiger charge is -2.38. The number of carbonyl (C=O) groups excluding carboxylic acids is 3. The van der Waals surface area contributed by atoms with Gasteiger partial charge in [-0.05, 0) is 75.5 Å². The third kappa shape index (κ3) is 5.70. The van der Waals surface area contributed by atoms with Gasteiger partial charge in [0.15, 0.2) is 0 Å². The van der Waals surface area contributed by atoms with E-state index >= 15 is 0 Å². The third-order valence-electron chi connectivity index (χ3n) is 10.1. The van der Waals surface area contributed by atoms with E-state index in [1.165, 1.54) is 0 Å². The molecular formula is C33H48N4O5. The summed E-state index contributed by atoms with van der Waals surface area (Å²) in [4.78, 5) is 46.1. The molecule has 3 amide bonds. The number of hydrogen-bond donors (Lipinski definition) is 2. The molecule has 42 heavy (non-hydrogen) atoms. The molecular weight excluding hydrogens is 532 g/mol. The van der Waals surface area contributed by atoms with Crippen LogP contribution < -0.4 is 15.4 Å². The van der Waals surface area contributed by atoms with Crippen molar-refractivity contribution >= 4 is 23.4 Å². The molecule has 3 fully saturated rings. The average Bonchev–Trinajstić information content (AvgIpc) is 3.62. The maximum Gasteiger partial charge on any atom is 0.246 e. The molecule has 0 radical (unpaired) electrons. The van der Waals surface area contributed by atoms with Crippen molar-refractivity contribution in [3.8, 4) is 5.75 Å². The fraction of sp³-hybridized carbons (Fsp3) is 0.667. The number of methoxy groups -OCH3 is 1. The first-order valence-electron chi connectivity index (χ1n) is 15.8. The normalized spacial score (nSPS) is 33.2. The highest BCUT2D eigenvalue weighted by molar-refractivity contribution is 6.02. The summed E-state index contributed by atoms with van der Waals surface area (Å²) in [5.74, 6) is -0.503. The number of fused-ring (bicyclic) bond motifs is 1. The van der Waals surface area contributed by atoms with Gasteiger partial charge in [-0.2, -0.15) is 0 Å². The lowest BCUT2D eigenvalue weighted by atomic mass is 9.73. The average molecular weight is 581 g/mol. The van der Waals surface area contributed by atoms with E-state index in [9.17, 15) is 14.4 Å². The van der Waals surface area contributed by atoms with Gasteiger partial charge in [0.25, 0.3) is 0 Å². The minimum absolute atomic E-state index is 0.0607. The van der Waals surface area contributed by atoms with Gasteiger partial charge in [0.05, 0.1) is 25.0 Å². The summed E-state index contributed by atoms with van der Waals surface area (Å²) in [6.45, 7) is 8.89. The van der Waals surface area contributed by atoms with Crippen molar-refractivity contribution in [2.24, 2.45) is 23.7 Å². The van der Waals surface area contributed by atoms with Crippen molar-refractivity contribution in [3.05, 3.63) is 36.4 Å². The van der Waals surface area contributed by atoms with E-state index in [0.29, 0.717) is 29.8 Å². The van der Waals surface area contributed by atoms with Gasteiger partial charge in [-0.15, -0.1) is 0 Å². The van der Waals surface area contributed by atoms with Gasteiger partial charge in [-0.25, -0.2) is 0 Å². The van der Waals surface area contributed by atoms with Crippen molar-refractivity contribution in [1.29, 1.82) is 0 Å². The van der Waals surface area contributed by atoms with E-state index in [1.807, 2.05) is 12.2 Å². The van der Waals surface area contributed by atoms with Gasteiger partial charge in [0.1, 0.15) is 17.4 Å². The number of nitrogens with one attached hydrogen (secondary N) is 2. The summed E-state index contributed by atoms with van der Waals surface area (Å²) >= 11 is 0. The highest BCUT2D eigenvalue weighted by atomic mass is 16.5. The Bertz CT molecular complexity index is 1170. The summed E-state index contributed by atoms with van der Waals surface area (Å²) in [6.07, 6.45) is 9.38. The van der Waals surface area contributed by atoms with Crippen LogP contribution in [0.1, 0.15) is 59.3 Å². The monoisotopic (exact) mass is 580 g/mol. The number of nitrogens with zero attached hydrogens (tertiary/aromatic N) is 2. The molecule has 2 saturated heterocycles. The Morgan fingerprint density at radius 2 is 1.86 bits per heavy atom. The zero-order valence-electron chi connectivity index (χ0n) is 25.8. The minimum atomic E-state index is -1.15. The summed E-state index contributed by atoms with van der Waals surface area (Å²) < 4.78 is 11.7. The minimum Gasteiger partial charge on any atom is -0.497 e. The van der Waals surface area contributed by atoms with Crippen LogP contribution in [-0.2, 0) is 19.1 Å². The van der Waals surface area contributed by atoms with Crippen LogP contribution in [0.25, 0.3) is 0 Å². The summed E-state index contributed by atoms with van der Waals surface area (Å²) in [6, 6.07) is 6.36. The van der Waals surface area contributed by atoms with E-state index < -0.39 is 29.6 Å². The van der Waals surface area contributed by atoms with Gasteiger partial charge in [0, 0.05) is 18.3 Å². The van der Waals surface area contributed by atoms with E-state index in [2.05, 4.69) is 43.4 Å². The maximum absolute atomic E-state index is 14.2. The van der Waals surface area contributed by atoms with Crippen molar-refractivity contribution in [1.82, 2.24) is 15.1 Å². The molecule has 2 N–H and O–H groups in total. The Hall–Kier alpha value is -2.91. The van der Waals surface area contributed by atoms with Crippen molar-refractivity contribution in [2.75, 3.05) is 39.1 Å². The topological polar surface area (TPSA) is 100 Å². The summed E-state index contributed by atoms with van der Waals surface area (Å²) in [7, 11) is 3.69. The third-order valence-corrected chi connectivity index (χ3v) is 10.1. The highest BCUT2D eigenvalue weighted by Gasteiger charge is 2.72. The predicted molar refractivity (Wildman–Crippen MR) is 162 cm³/mol. The molecule has 2 bridgehead atoms. The van der Waals surface area contributed by atoms with Crippen molar-refractivity contribution in [2.45, 2.75) is 83.1 Å². The first-order chi connectivity index (χ1) is 20.2. The molecule has 0 aromatic heterocycles. The first kappa shape index (κ1) is 30.5. The fourth-order valence-electron chi connectivity index (χ4n) is 7.51. The zero-order valence-corrected chi connectivity index (χ0v) is 25.8. The van der Waals surface area contributed by atoms with Crippen LogP contribution >= 0.6 is 0 Å². The highest BCUT2D eigenvalue weighted by Crippen LogP contribution is 2.55. The number of hydrogen-bond acceptors (Lipinski definition) is 6. The summed E-state index contributed by atoms with van der Waals surface area (Å²) in [5, 5.41) is 6.31. The molecule has 1 aromatic rings. The lowest BCUT2D eigenvalue weighted by Crippen LogP contribution is -2.58. The molecule has 0 unspecified atom stereocenters. The van der Waals surface area contributed by atoms with Crippen LogP contribution in [0, 0.1) is 23.7 Å². The van der Waals surface area contributed by atoms with Crippen LogP contribution in [-0.4, -0.2) is 85.1 Å². The number of likely N-dealkylation sites (tertiary alicyclic amines) is 1. The predicted octanol–water partition coefficient (Wildman–Crippen LogP) is 3.85. The van der Waals surface area contributed by atoms with E-state index in [-0.39, 0.29) is 23.8 Å². The number of unbranched alkanes of at least 4 members (excludes halogenated alkanes) is 1. The van der Waals surface area contributed by atoms with Gasteiger partial charge < -0.3 is 29.9 Å².